The highest BCUT2D eigenvalue weighted by Crippen LogP contribution is 2.27. The van der Waals surface area contributed by atoms with E-state index in [0.29, 0.717) is 12.2 Å². The molecule has 0 amide bonds. The topological polar surface area (TPSA) is 49.5 Å². The van der Waals surface area contributed by atoms with Gasteiger partial charge in [-0.3, -0.25) is 0 Å². The SMILES string of the molecule is CC1CCN(c2ccc([C@H](C)N)cc2F)CC1O. The lowest BCUT2D eigenvalue weighted by molar-refractivity contribution is 0.102. The lowest BCUT2D eigenvalue weighted by Crippen LogP contribution is -2.43. The molecule has 0 bridgehead atoms. The minimum Gasteiger partial charge on any atom is -0.391 e. The normalized spacial score (nSPS) is 26.2. The molecule has 100 valence electrons. The number of aliphatic hydroxyl groups is 1. The molecular formula is C14H21FN2O. The first-order chi connectivity index (χ1) is 8.49. The van der Waals surface area contributed by atoms with Crippen molar-refractivity contribution in [2.45, 2.75) is 32.4 Å². The molecule has 0 spiro atoms. The van der Waals surface area contributed by atoms with E-state index in [1.165, 1.54) is 6.07 Å². The monoisotopic (exact) mass is 252 g/mol. The number of benzene rings is 1. The minimum atomic E-state index is -0.383. The molecule has 1 aliphatic rings. The Morgan fingerprint density at radius 1 is 1.50 bits per heavy atom. The third kappa shape index (κ3) is 2.65. The first kappa shape index (κ1) is 13.3. The zero-order valence-corrected chi connectivity index (χ0v) is 10.9. The maximum Gasteiger partial charge on any atom is 0.146 e. The highest BCUT2D eigenvalue weighted by atomic mass is 19.1. The molecule has 4 heteroatoms. The molecule has 0 aliphatic carbocycles. The molecular weight excluding hydrogens is 231 g/mol. The number of hydrogen-bond donors (Lipinski definition) is 2. The molecule has 1 aromatic carbocycles. The maximum atomic E-state index is 14.0. The van der Waals surface area contributed by atoms with Gasteiger partial charge in [-0.25, -0.2) is 4.39 Å². The van der Waals surface area contributed by atoms with Gasteiger partial charge in [0.25, 0.3) is 0 Å². The molecule has 18 heavy (non-hydrogen) atoms. The number of anilines is 1. The second kappa shape index (κ2) is 5.24. The summed E-state index contributed by atoms with van der Waals surface area (Å²) in [4.78, 5) is 1.91. The van der Waals surface area contributed by atoms with Gasteiger partial charge >= 0.3 is 0 Å². The smallest absolute Gasteiger partial charge is 0.146 e. The van der Waals surface area contributed by atoms with Gasteiger partial charge in [0, 0.05) is 19.1 Å². The summed E-state index contributed by atoms with van der Waals surface area (Å²) in [6.45, 7) is 5.14. The van der Waals surface area contributed by atoms with Crippen LogP contribution in [-0.2, 0) is 0 Å². The van der Waals surface area contributed by atoms with Crippen LogP contribution in [0.25, 0.3) is 0 Å². The van der Waals surface area contributed by atoms with Gasteiger partial charge in [-0.15, -0.1) is 0 Å². The van der Waals surface area contributed by atoms with Crippen molar-refractivity contribution in [1.82, 2.24) is 0 Å². The highest BCUT2D eigenvalue weighted by molar-refractivity contribution is 5.50. The molecule has 2 unspecified atom stereocenters. The molecule has 1 aromatic rings. The third-order valence-corrected chi connectivity index (χ3v) is 3.76. The zero-order valence-electron chi connectivity index (χ0n) is 10.9. The predicted molar refractivity (Wildman–Crippen MR) is 71.0 cm³/mol. The van der Waals surface area contributed by atoms with Gasteiger partial charge in [0.2, 0.25) is 0 Å². The molecule has 1 aliphatic heterocycles. The summed E-state index contributed by atoms with van der Waals surface area (Å²) in [6.07, 6.45) is 0.501. The van der Waals surface area contributed by atoms with Crippen LogP contribution in [-0.4, -0.2) is 24.3 Å². The van der Waals surface area contributed by atoms with Crippen LogP contribution in [0.2, 0.25) is 0 Å². The highest BCUT2D eigenvalue weighted by Gasteiger charge is 2.25. The van der Waals surface area contributed by atoms with E-state index in [4.69, 9.17) is 5.73 Å². The average Bonchev–Trinajstić information content (AvgIpc) is 2.32. The van der Waals surface area contributed by atoms with Crippen molar-refractivity contribution in [2.24, 2.45) is 11.7 Å². The van der Waals surface area contributed by atoms with E-state index < -0.39 is 0 Å². The summed E-state index contributed by atoms with van der Waals surface area (Å²) in [6, 6.07) is 4.94. The second-order valence-corrected chi connectivity index (χ2v) is 5.28. The van der Waals surface area contributed by atoms with E-state index in [2.05, 4.69) is 0 Å². The Morgan fingerprint density at radius 2 is 2.22 bits per heavy atom. The van der Waals surface area contributed by atoms with E-state index in [1.54, 1.807) is 6.07 Å². The Balaban J connectivity index is 2.19. The standard InChI is InChI=1S/C14H21FN2O/c1-9-5-6-17(8-14(9)18)13-4-3-11(10(2)16)7-12(13)15/h3-4,7,9-10,14,18H,5-6,8,16H2,1-2H3/t9?,10-,14?/m0/s1. The summed E-state index contributed by atoms with van der Waals surface area (Å²) in [5.74, 6) is 0.0270. The second-order valence-electron chi connectivity index (χ2n) is 5.28. The van der Waals surface area contributed by atoms with Crippen LogP contribution in [0.1, 0.15) is 31.9 Å². The average molecular weight is 252 g/mol. The van der Waals surface area contributed by atoms with Gasteiger partial charge in [0.15, 0.2) is 0 Å². The van der Waals surface area contributed by atoms with E-state index >= 15 is 0 Å². The fourth-order valence-electron chi connectivity index (χ4n) is 2.33. The molecule has 1 heterocycles. The van der Waals surface area contributed by atoms with Crippen LogP contribution in [0.4, 0.5) is 10.1 Å². The van der Waals surface area contributed by atoms with Crippen molar-refractivity contribution in [2.75, 3.05) is 18.0 Å². The maximum absolute atomic E-state index is 14.0. The molecule has 2 rings (SSSR count). The summed E-state index contributed by atoms with van der Waals surface area (Å²) < 4.78 is 14.0. The molecule has 1 saturated heterocycles. The van der Waals surface area contributed by atoms with Gasteiger partial charge in [0.1, 0.15) is 5.82 Å². The number of aliphatic hydroxyl groups excluding tert-OH is 1. The Labute approximate surface area is 107 Å². The lowest BCUT2D eigenvalue weighted by atomic mass is 9.95. The van der Waals surface area contributed by atoms with E-state index in [-0.39, 0.29) is 23.9 Å². The van der Waals surface area contributed by atoms with Crippen LogP contribution in [0.3, 0.4) is 0 Å². The lowest BCUT2D eigenvalue weighted by Gasteiger charge is -2.36. The molecule has 1 fully saturated rings. The molecule has 3 atom stereocenters. The van der Waals surface area contributed by atoms with Gasteiger partial charge in [-0.1, -0.05) is 13.0 Å². The number of rotatable bonds is 2. The number of β-amino-alcohol motifs (C(OH)–C–C–N with tert-alkyl or cyclic N) is 1. The van der Waals surface area contributed by atoms with E-state index in [0.717, 1.165) is 18.5 Å². The third-order valence-electron chi connectivity index (χ3n) is 3.76. The van der Waals surface area contributed by atoms with E-state index in [1.807, 2.05) is 24.8 Å². The first-order valence-corrected chi connectivity index (χ1v) is 6.47. The Bertz CT molecular complexity index is 422. The largest absolute Gasteiger partial charge is 0.391 e. The van der Waals surface area contributed by atoms with Gasteiger partial charge < -0.3 is 15.7 Å². The van der Waals surface area contributed by atoms with Crippen LogP contribution in [0.5, 0.6) is 0 Å². The van der Waals surface area contributed by atoms with Gasteiger partial charge in [-0.05, 0) is 37.0 Å². The molecule has 0 radical (unpaired) electrons. The minimum absolute atomic E-state index is 0.166. The quantitative estimate of drug-likeness (QED) is 0.847. The number of nitrogens with zero attached hydrogens (tertiary/aromatic N) is 1. The Hall–Kier alpha value is -1.13. The first-order valence-electron chi connectivity index (χ1n) is 6.47. The summed E-state index contributed by atoms with van der Waals surface area (Å²) in [7, 11) is 0. The fourth-order valence-corrected chi connectivity index (χ4v) is 2.33. The van der Waals surface area contributed by atoms with Gasteiger partial charge in [0.05, 0.1) is 11.8 Å². The van der Waals surface area contributed by atoms with Crippen LogP contribution in [0, 0.1) is 11.7 Å². The fraction of sp³-hybridized carbons (Fsp3) is 0.571. The Morgan fingerprint density at radius 3 is 2.78 bits per heavy atom. The summed E-state index contributed by atoms with van der Waals surface area (Å²) in [5, 5.41) is 9.86. The molecule has 0 saturated carbocycles. The molecule has 3 N–H and O–H groups in total. The van der Waals surface area contributed by atoms with Crippen molar-refractivity contribution in [3.8, 4) is 0 Å². The number of halogens is 1. The van der Waals surface area contributed by atoms with E-state index in [9.17, 15) is 9.50 Å². The number of hydrogen-bond acceptors (Lipinski definition) is 3. The summed E-state index contributed by atoms with van der Waals surface area (Å²) in [5.41, 5.74) is 7.09. The van der Waals surface area contributed by atoms with Crippen LogP contribution in [0.15, 0.2) is 18.2 Å². The van der Waals surface area contributed by atoms with Crippen molar-refractivity contribution < 1.29 is 9.50 Å². The van der Waals surface area contributed by atoms with Crippen LogP contribution >= 0.6 is 0 Å². The van der Waals surface area contributed by atoms with Crippen molar-refractivity contribution in [3.05, 3.63) is 29.6 Å². The zero-order chi connectivity index (χ0) is 13.3. The van der Waals surface area contributed by atoms with Crippen molar-refractivity contribution in [1.29, 1.82) is 0 Å². The Kier molecular flexibility index (Phi) is 3.88. The molecule has 0 aromatic heterocycles. The number of piperidine rings is 1. The van der Waals surface area contributed by atoms with Crippen molar-refractivity contribution in [3.63, 3.8) is 0 Å². The predicted octanol–water partition coefficient (Wildman–Crippen LogP) is 2.05. The number of nitrogens with two attached hydrogens (primary N) is 1. The summed E-state index contributed by atoms with van der Waals surface area (Å²) >= 11 is 0. The van der Waals surface area contributed by atoms with Gasteiger partial charge in [-0.2, -0.15) is 0 Å². The molecule has 3 nitrogen and oxygen atoms in total. The van der Waals surface area contributed by atoms with Crippen molar-refractivity contribution >= 4 is 5.69 Å². The van der Waals surface area contributed by atoms with Crippen LogP contribution < -0.4 is 10.6 Å².